The van der Waals surface area contributed by atoms with Crippen LogP contribution in [0.15, 0.2) is 24.3 Å². The fourth-order valence-corrected chi connectivity index (χ4v) is 7.89. The zero-order valence-corrected chi connectivity index (χ0v) is 39.9. The number of unbranched alkanes of at least 4 members (excludes halogenated alkanes) is 12. The third-order valence-electron chi connectivity index (χ3n) is 10.2. The molecule has 1 unspecified atom stereocenters. The first kappa shape index (κ1) is 52.1. The van der Waals surface area contributed by atoms with Crippen molar-refractivity contribution in [2.24, 2.45) is 0 Å². The Balaban J connectivity index is 1.52. The second kappa shape index (κ2) is 27.0. The van der Waals surface area contributed by atoms with Gasteiger partial charge in [0.1, 0.15) is 35.2 Å². The highest BCUT2D eigenvalue weighted by atomic mass is 32.2. The summed E-state index contributed by atoms with van der Waals surface area (Å²) < 4.78 is 18.6. The molecule has 3 aromatic rings. The van der Waals surface area contributed by atoms with E-state index in [1.807, 2.05) is 56.5 Å². The van der Waals surface area contributed by atoms with Crippen molar-refractivity contribution in [2.45, 2.75) is 182 Å². The number of esters is 1. The maximum Gasteiger partial charge on any atom is 0.410 e. The molecular formula is C47H77N7O7S. The number of rotatable bonds is 28. The molecule has 0 fully saturated rings. The summed E-state index contributed by atoms with van der Waals surface area (Å²) in [6.07, 6.45) is 16.0. The molecule has 0 saturated heterocycles. The number of hydrogen-bond acceptors (Lipinski definition) is 11. The van der Waals surface area contributed by atoms with Gasteiger partial charge in [-0.05, 0) is 67.4 Å². The predicted molar refractivity (Wildman–Crippen MR) is 251 cm³/mol. The van der Waals surface area contributed by atoms with Crippen LogP contribution in [0.3, 0.4) is 0 Å². The number of pyridine rings is 1. The lowest BCUT2D eigenvalue weighted by Gasteiger charge is -2.26. The molecule has 0 saturated carbocycles. The van der Waals surface area contributed by atoms with Crippen molar-refractivity contribution in [1.82, 2.24) is 30.1 Å². The summed E-state index contributed by atoms with van der Waals surface area (Å²) in [6.45, 7) is 16.4. The Bertz CT molecular complexity index is 1840. The van der Waals surface area contributed by atoms with Crippen LogP contribution in [0.2, 0.25) is 0 Å². The number of nitrogens with one attached hydrogen (secondary N) is 2. The lowest BCUT2D eigenvalue weighted by Crippen LogP contribution is -2.49. The number of ether oxygens (including phenoxy) is 3. The summed E-state index contributed by atoms with van der Waals surface area (Å²) in [5.74, 6) is 1.06. The van der Waals surface area contributed by atoms with E-state index in [4.69, 9.17) is 24.9 Å². The van der Waals surface area contributed by atoms with E-state index in [1.165, 1.54) is 76.0 Å². The molecule has 15 heteroatoms. The molecule has 62 heavy (non-hydrogen) atoms. The van der Waals surface area contributed by atoms with E-state index >= 15 is 0 Å². The van der Waals surface area contributed by atoms with Crippen molar-refractivity contribution >= 4 is 63.6 Å². The minimum atomic E-state index is -0.886. The van der Waals surface area contributed by atoms with Crippen LogP contribution < -0.4 is 16.4 Å². The maximum absolute atomic E-state index is 13.6. The SMILES string of the molecule is CCCCCCCCCCCCCCCC(=O)OCCSCC(NC(=O)OC(C)(C)C)C(=O)NCCCn1c(CN(CC)C(=O)OC(C)(C)C)nc2c(N)nc3ccccc3c21. The molecule has 0 spiro atoms. The number of fused-ring (bicyclic) bond motifs is 3. The summed E-state index contributed by atoms with van der Waals surface area (Å²) in [4.78, 5) is 62.9. The molecule has 2 heterocycles. The van der Waals surface area contributed by atoms with Gasteiger partial charge >= 0.3 is 18.2 Å². The largest absolute Gasteiger partial charge is 0.465 e. The molecule has 1 atom stereocenters. The third-order valence-corrected chi connectivity index (χ3v) is 11.2. The van der Waals surface area contributed by atoms with Gasteiger partial charge in [-0.2, -0.15) is 11.8 Å². The number of carbonyl (C=O) groups is 4. The normalized spacial score (nSPS) is 12.3. The highest BCUT2D eigenvalue weighted by Gasteiger charge is 2.26. The van der Waals surface area contributed by atoms with Crippen molar-refractivity contribution in [3.05, 3.63) is 30.1 Å². The van der Waals surface area contributed by atoms with Gasteiger partial charge < -0.3 is 40.0 Å². The quantitative estimate of drug-likeness (QED) is 0.0359. The molecular weight excluding hydrogens is 807 g/mol. The second-order valence-electron chi connectivity index (χ2n) is 18.0. The molecule has 0 bridgehead atoms. The average molecular weight is 884 g/mol. The first-order chi connectivity index (χ1) is 29.5. The van der Waals surface area contributed by atoms with Gasteiger partial charge in [0.05, 0.1) is 17.6 Å². The number of amides is 3. The number of nitrogens with two attached hydrogens (primary N) is 1. The minimum Gasteiger partial charge on any atom is -0.465 e. The van der Waals surface area contributed by atoms with Gasteiger partial charge in [-0.1, -0.05) is 102 Å². The number of hydrogen-bond donors (Lipinski definition) is 3. The number of carbonyl (C=O) groups excluding carboxylic acids is 4. The molecule has 1 aromatic carbocycles. The highest BCUT2D eigenvalue weighted by Crippen LogP contribution is 2.30. The van der Waals surface area contributed by atoms with Crippen molar-refractivity contribution in [3.8, 4) is 0 Å². The summed E-state index contributed by atoms with van der Waals surface area (Å²) >= 11 is 1.41. The Morgan fingerprint density at radius 3 is 2.05 bits per heavy atom. The number of anilines is 1. The maximum atomic E-state index is 13.6. The van der Waals surface area contributed by atoms with Gasteiger partial charge in [0.25, 0.3) is 0 Å². The van der Waals surface area contributed by atoms with Crippen LogP contribution in [0.5, 0.6) is 0 Å². The van der Waals surface area contributed by atoms with Crippen molar-refractivity contribution in [2.75, 3.05) is 36.9 Å². The number of benzene rings is 1. The van der Waals surface area contributed by atoms with E-state index in [9.17, 15) is 19.2 Å². The van der Waals surface area contributed by atoms with Crippen molar-refractivity contribution in [3.63, 3.8) is 0 Å². The summed E-state index contributed by atoms with van der Waals surface area (Å²) in [6, 6.07) is 6.79. The average Bonchev–Trinajstić information content (AvgIpc) is 3.56. The lowest BCUT2D eigenvalue weighted by molar-refractivity contribution is -0.143. The topological polar surface area (TPSA) is 180 Å². The smallest absolute Gasteiger partial charge is 0.410 e. The summed E-state index contributed by atoms with van der Waals surface area (Å²) in [7, 11) is 0. The Labute approximate surface area is 374 Å². The molecule has 14 nitrogen and oxygen atoms in total. The molecule has 0 aliphatic heterocycles. The molecule has 0 aliphatic rings. The van der Waals surface area contributed by atoms with Crippen LogP contribution >= 0.6 is 11.8 Å². The fourth-order valence-electron chi connectivity index (χ4n) is 7.05. The molecule has 0 radical (unpaired) electrons. The van der Waals surface area contributed by atoms with Crippen LogP contribution in [-0.2, 0) is 36.9 Å². The number of nitrogens with zero attached hydrogens (tertiary/aromatic N) is 4. The molecule has 348 valence electrons. The van der Waals surface area contributed by atoms with E-state index in [1.54, 1.807) is 25.7 Å². The molecule has 3 amide bonds. The lowest BCUT2D eigenvalue weighted by atomic mass is 10.0. The van der Waals surface area contributed by atoms with E-state index in [0.29, 0.717) is 43.0 Å². The van der Waals surface area contributed by atoms with Gasteiger partial charge in [0.15, 0.2) is 5.82 Å². The zero-order valence-electron chi connectivity index (χ0n) is 39.1. The number of aryl methyl sites for hydroxylation is 1. The molecule has 3 rings (SSSR count). The standard InChI is InChI=1S/C47H77N7O7S/c1-9-11-12-13-14-15-16-17-18-19-20-21-22-28-39(55)59-31-32-62-34-37(51-44(57)60-46(3,4)5)43(56)49-29-25-30-54-38(33-53(10-2)45(58)61-47(6,7)8)52-40-41(54)35-26-23-24-27-36(35)50-42(40)48/h23-24,26-27,37H,9-22,25,28-34H2,1-8H3,(H2,48,50)(H,49,56)(H,51,57). The number of imidazole rings is 1. The highest BCUT2D eigenvalue weighted by molar-refractivity contribution is 7.99. The summed E-state index contributed by atoms with van der Waals surface area (Å²) in [5.41, 5.74) is 7.06. The Morgan fingerprint density at radius 2 is 1.44 bits per heavy atom. The molecule has 2 aromatic heterocycles. The Hall–Kier alpha value is -4.27. The van der Waals surface area contributed by atoms with Gasteiger partial charge in [-0.15, -0.1) is 0 Å². The third kappa shape index (κ3) is 19.4. The first-order valence-corrected chi connectivity index (χ1v) is 24.2. The monoisotopic (exact) mass is 884 g/mol. The predicted octanol–water partition coefficient (Wildman–Crippen LogP) is 10.1. The fraction of sp³-hybridized carbons (Fsp3) is 0.702. The van der Waals surface area contributed by atoms with Crippen LogP contribution in [0, 0.1) is 0 Å². The van der Waals surface area contributed by atoms with E-state index in [2.05, 4.69) is 22.5 Å². The van der Waals surface area contributed by atoms with Crippen LogP contribution in [0.4, 0.5) is 15.4 Å². The Kier molecular flexibility index (Phi) is 22.7. The number of para-hydroxylation sites is 1. The number of nitrogen functional groups attached to an aromatic ring is 1. The van der Waals surface area contributed by atoms with Crippen LogP contribution in [0.1, 0.15) is 158 Å². The molecule has 4 N–H and O–H groups in total. The first-order valence-electron chi connectivity index (χ1n) is 23.0. The number of aromatic nitrogens is 3. The van der Waals surface area contributed by atoms with Gasteiger partial charge in [0.2, 0.25) is 5.91 Å². The van der Waals surface area contributed by atoms with Gasteiger partial charge in [-0.3, -0.25) is 9.59 Å². The Morgan fingerprint density at radius 1 is 0.823 bits per heavy atom. The summed E-state index contributed by atoms with van der Waals surface area (Å²) in [5, 5.41) is 6.57. The van der Waals surface area contributed by atoms with Gasteiger partial charge in [-0.25, -0.2) is 19.6 Å². The van der Waals surface area contributed by atoms with Crippen molar-refractivity contribution < 1.29 is 33.4 Å². The molecule has 0 aliphatic carbocycles. The van der Waals surface area contributed by atoms with Crippen LogP contribution in [0.25, 0.3) is 21.9 Å². The minimum absolute atomic E-state index is 0.175. The van der Waals surface area contributed by atoms with E-state index < -0.39 is 29.4 Å². The number of alkyl carbamates (subject to hydrolysis) is 1. The van der Waals surface area contributed by atoms with Crippen molar-refractivity contribution in [1.29, 1.82) is 0 Å². The van der Waals surface area contributed by atoms with E-state index in [0.717, 1.165) is 35.7 Å². The van der Waals surface area contributed by atoms with Crippen LogP contribution in [-0.4, -0.2) is 91.9 Å². The number of thioether (sulfide) groups is 1. The van der Waals surface area contributed by atoms with E-state index in [-0.39, 0.29) is 43.1 Å². The van der Waals surface area contributed by atoms with Gasteiger partial charge in [0, 0.05) is 42.9 Å². The second-order valence-corrected chi connectivity index (χ2v) is 19.2. The zero-order chi connectivity index (χ0) is 45.5.